The molecule has 1 unspecified atom stereocenters. The summed E-state index contributed by atoms with van der Waals surface area (Å²) in [6.07, 6.45) is 1.87. The zero-order chi connectivity index (χ0) is 28.5. The Morgan fingerprint density at radius 1 is 0.643 bits per heavy atom. The number of imidazole rings is 1. The Morgan fingerprint density at radius 3 is 2.14 bits per heavy atom. The number of phenols is 1. The first-order valence-corrected chi connectivity index (χ1v) is 14.1. The van der Waals surface area contributed by atoms with E-state index in [1.807, 2.05) is 54.7 Å². The van der Waals surface area contributed by atoms with Gasteiger partial charge in [0.2, 0.25) is 0 Å². The van der Waals surface area contributed by atoms with Crippen LogP contribution in [-0.4, -0.2) is 19.6 Å². The third kappa shape index (κ3) is 4.53. The van der Waals surface area contributed by atoms with Gasteiger partial charge in [-0.15, -0.1) is 0 Å². The molecule has 0 amide bonds. The number of aromatic nitrogens is 3. The second kappa shape index (κ2) is 10.8. The van der Waals surface area contributed by atoms with Crippen molar-refractivity contribution in [2.24, 2.45) is 0 Å². The van der Waals surface area contributed by atoms with E-state index in [1.165, 1.54) is 11.1 Å². The van der Waals surface area contributed by atoms with E-state index < -0.39 is 0 Å². The van der Waals surface area contributed by atoms with Crippen LogP contribution < -0.4 is 0 Å². The summed E-state index contributed by atoms with van der Waals surface area (Å²) in [6, 6.07) is 47.1. The van der Waals surface area contributed by atoms with Gasteiger partial charge in [-0.3, -0.25) is 9.55 Å². The second-order valence-corrected chi connectivity index (χ2v) is 10.5. The summed E-state index contributed by atoms with van der Waals surface area (Å²) in [7, 11) is 0. The van der Waals surface area contributed by atoms with Crippen molar-refractivity contribution < 1.29 is 5.11 Å². The van der Waals surface area contributed by atoms with Crippen molar-refractivity contribution in [2.75, 3.05) is 0 Å². The van der Waals surface area contributed by atoms with Gasteiger partial charge in [-0.2, -0.15) is 0 Å². The average molecular weight is 544 g/mol. The van der Waals surface area contributed by atoms with Gasteiger partial charge in [0.25, 0.3) is 0 Å². The van der Waals surface area contributed by atoms with Crippen LogP contribution in [0.4, 0.5) is 0 Å². The summed E-state index contributed by atoms with van der Waals surface area (Å²) >= 11 is 0. The van der Waals surface area contributed by atoms with Crippen molar-refractivity contribution in [1.29, 1.82) is 0 Å². The highest BCUT2D eigenvalue weighted by molar-refractivity contribution is 5.96. The Labute approximate surface area is 245 Å². The number of para-hydroxylation sites is 3. The summed E-state index contributed by atoms with van der Waals surface area (Å²) in [6.45, 7) is 2.23. The molecule has 0 saturated heterocycles. The monoisotopic (exact) mass is 543 g/mol. The molecule has 4 heteroatoms. The molecule has 0 fully saturated rings. The third-order valence-corrected chi connectivity index (χ3v) is 7.90. The molecular weight excluding hydrogens is 514 g/mol. The van der Waals surface area contributed by atoms with Gasteiger partial charge in [0.05, 0.1) is 22.3 Å². The number of nitrogens with zero attached hydrogens (tertiary/aromatic N) is 3. The number of fused-ring (bicyclic) bond motifs is 1. The summed E-state index contributed by atoms with van der Waals surface area (Å²) in [5, 5.41) is 10.8. The number of hydrogen-bond acceptors (Lipinski definition) is 3. The maximum absolute atomic E-state index is 10.8. The van der Waals surface area contributed by atoms with Gasteiger partial charge in [0, 0.05) is 28.9 Å². The molecule has 2 aromatic heterocycles. The molecule has 4 nitrogen and oxygen atoms in total. The van der Waals surface area contributed by atoms with Crippen molar-refractivity contribution in [3.63, 3.8) is 0 Å². The number of hydrogen-bond donors (Lipinski definition) is 1. The SMILES string of the molecule is CC(c1ccccc1)c1cccnc1-c1cccc(-c2cccc3c2nc(-c2ccccc2O)n3-c2ccccc2)c1. The lowest BCUT2D eigenvalue weighted by Gasteiger charge is -2.17. The number of rotatable bonds is 6. The van der Waals surface area contributed by atoms with Crippen molar-refractivity contribution in [3.8, 4) is 45.2 Å². The molecule has 1 N–H and O–H groups in total. The van der Waals surface area contributed by atoms with Crippen LogP contribution in [0.15, 0.2) is 146 Å². The summed E-state index contributed by atoms with van der Waals surface area (Å²) in [5.41, 5.74) is 10.1. The first kappa shape index (κ1) is 25.5. The van der Waals surface area contributed by atoms with Gasteiger partial charge in [-0.25, -0.2) is 4.98 Å². The molecule has 0 bridgehead atoms. The van der Waals surface area contributed by atoms with Gasteiger partial charge < -0.3 is 5.11 Å². The molecule has 2 heterocycles. The van der Waals surface area contributed by atoms with Crippen molar-refractivity contribution >= 4 is 11.0 Å². The van der Waals surface area contributed by atoms with Crippen LogP contribution in [0.1, 0.15) is 24.0 Å². The highest BCUT2D eigenvalue weighted by atomic mass is 16.3. The van der Waals surface area contributed by atoms with E-state index in [4.69, 9.17) is 9.97 Å². The van der Waals surface area contributed by atoms with Crippen LogP contribution in [0.25, 0.3) is 50.5 Å². The lowest BCUT2D eigenvalue weighted by Crippen LogP contribution is -2.00. The lowest BCUT2D eigenvalue weighted by atomic mass is 9.89. The van der Waals surface area contributed by atoms with Gasteiger partial charge in [-0.1, -0.05) is 104 Å². The van der Waals surface area contributed by atoms with Gasteiger partial charge in [0.1, 0.15) is 11.6 Å². The topological polar surface area (TPSA) is 50.9 Å². The number of phenolic OH excluding ortho intramolecular Hbond substituents is 1. The van der Waals surface area contributed by atoms with Crippen LogP contribution >= 0.6 is 0 Å². The Bertz CT molecular complexity index is 2010. The zero-order valence-corrected chi connectivity index (χ0v) is 23.2. The zero-order valence-electron chi connectivity index (χ0n) is 23.2. The summed E-state index contributed by atoms with van der Waals surface area (Å²) in [4.78, 5) is 10.0. The van der Waals surface area contributed by atoms with E-state index >= 15 is 0 Å². The minimum atomic E-state index is 0.198. The fraction of sp³-hybridized carbons (Fsp3) is 0.0526. The minimum Gasteiger partial charge on any atom is -0.507 e. The fourth-order valence-electron chi connectivity index (χ4n) is 5.78. The molecule has 0 radical (unpaired) electrons. The van der Waals surface area contributed by atoms with Gasteiger partial charge in [-0.05, 0) is 59.2 Å². The van der Waals surface area contributed by atoms with E-state index in [1.54, 1.807) is 6.07 Å². The molecule has 5 aromatic carbocycles. The first-order valence-electron chi connectivity index (χ1n) is 14.1. The normalized spacial score (nSPS) is 11.9. The molecule has 0 aliphatic heterocycles. The van der Waals surface area contributed by atoms with Crippen LogP contribution in [0.5, 0.6) is 5.75 Å². The number of benzene rings is 5. The smallest absolute Gasteiger partial charge is 0.149 e. The third-order valence-electron chi connectivity index (χ3n) is 7.90. The molecule has 0 aliphatic carbocycles. The van der Waals surface area contributed by atoms with E-state index in [2.05, 4.69) is 96.4 Å². The average Bonchev–Trinajstić information content (AvgIpc) is 3.45. The van der Waals surface area contributed by atoms with Crippen LogP contribution in [0.2, 0.25) is 0 Å². The lowest BCUT2D eigenvalue weighted by molar-refractivity contribution is 0.477. The summed E-state index contributed by atoms with van der Waals surface area (Å²) in [5.74, 6) is 1.09. The highest BCUT2D eigenvalue weighted by Gasteiger charge is 2.20. The van der Waals surface area contributed by atoms with E-state index in [-0.39, 0.29) is 11.7 Å². The molecule has 42 heavy (non-hydrogen) atoms. The summed E-state index contributed by atoms with van der Waals surface area (Å²) < 4.78 is 2.12. The van der Waals surface area contributed by atoms with Crippen molar-refractivity contribution in [3.05, 3.63) is 157 Å². The van der Waals surface area contributed by atoms with Crippen molar-refractivity contribution in [2.45, 2.75) is 12.8 Å². The quantitative estimate of drug-likeness (QED) is 0.227. The maximum Gasteiger partial charge on any atom is 0.149 e. The molecule has 1 atom stereocenters. The molecule has 0 aliphatic rings. The molecular formula is C38H29N3O. The van der Waals surface area contributed by atoms with Crippen LogP contribution in [-0.2, 0) is 0 Å². The molecule has 0 spiro atoms. The van der Waals surface area contributed by atoms with E-state index in [9.17, 15) is 5.11 Å². The standard InChI is InChI=1S/C38H29N3O/c1-26(27-13-4-2-5-14-27)31-21-12-24-39-36(31)29-16-10-15-28(25-29)32-20-11-22-34-37(32)40-38(33-19-8-9-23-35(33)42)41(34)30-17-6-3-7-18-30/h2-26,42H,1H3. The molecule has 0 saturated carbocycles. The Balaban J connectivity index is 1.40. The van der Waals surface area contributed by atoms with Crippen LogP contribution in [0.3, 0.4) is 0 Å². The van der Waals surface area contributed by atoms with Gasteiger partial charge in [0.15, 0.2) is 0 Å². The largest absolute Gasteiger partial charge is 0.507 e. The maximum atomic E-state index is 10.8. The molecule has 202 valence electrons. The molecule has 7 aromatic rings. The Kier molecular flexibility index (Phi) is 6.57. The van der Waals surface area contributed by atoms with E-state index in [0.717, 1.165) is 39.1 Å². The van der Waals surface area contributed by atoms with Crippen molar-refractivity contribution in [1.82, 2.24) is 14.5 Å². The van der Waals surface area contributed by atoms with Gasteiger partial charge >= 0.3 is 0 Å². The Hall–Kier alpha value is -5.48. The fourth-order valence-corrected chi connectivity index (χ4v) is 5.78. The second-order valence-electron chi connectivity index (χ2n) is 10.5. The first-order chi connectivity index (χ1) is 20.7. The highest BCUT2D eigenvalue weighted by Crippen LogP contribution is 2.38. The number of aromatic hydroxyl groups is 1. The predicted octanol–water partition coefficient (Wildman–Crippen LogP) is 9.28. The number of pyridine rings is 1. The minimum absolute atomic E-state index is 0.198. The molecule has 7 rings (SSSR count). The Morgan fingerprint density at radius 2 is 1.33 bits per heavy atom. The van der Waals surface area contributed by atoms with E-state index in [0.29, 0.717) is 11.4 Å². The predicted molar refractivity (Wildman–Crippen MR) is 171 cm³/mol. The van der Waals surface area contributed by atoms with Crippen LogP contribution in [0, 0.1) is 0 Å².